The van der Waals surface area contributed by atoms with Gasteiger partial charge in [-0.3, -0.25) is 0 Å². The summed E-state index contributed by atoms with van der Waals surface area (Å²) in [7, 11) is 0. The predicted octanol–water partition coefficient (Wildman–Crippen LogP) is 1.08. The van der Waals surface area contributed by atoms with Crippen molar-refractivity contribution in [1.82, 2.24) is 0 Å². The third kappa shape index (κ3) is 2.11. The van der Waals surface area contributed by atoms with E-state index in [0.717, 1.165) is 12.0 Å². The maximum atomic E-state index is 8.76. The zero-order chi connectivity index (χ0) is 10.6. The molecule has 1 atom stereocenters. The van der Waals surface area contributed by atoms with Gasteiger partial charge in [-0.25, -0.2) is 0 Å². The monoisotopic (exact) mass is 189 g/mol. The molecule has 0 aromatic heterocycles. The third-order valence-corrected chi connectivity index (χ3v) is 2.31. The summed E-state index contributed by atoms with van der Waals surface area (Å²) in [6.07, 6.45) is 0.911. The number of hydrogen-bond donors (Lipinski definition) is 2. The lowest BCUT2D eigenvalue weighted by Gasteiger charge is -2.13. The topological polar surface area (TPSA) is 75.8 Å². The van der Waals surface area contributed by atoms with Crippen molar-refractivity contribution in [1.29, 1.82) is 5.26 Å². The highest BCUT2D eigenvalue weighted by Gasteiger charge is 2.09. The van der Waals surface area contributed by atoms with Crippen molar-refractivity contribution < 1.29 is 0 Å². The second-order valence-corrected chi connectivity index (χ2v) is 3.22. The lowest BCUT2D eigenvalue weighted by atomic mass is 9.97. The van der Waals surface area contributed by atoms with Crippen molar-refractivity contribution >= 4 is 0 Å². The molecule has 0 aliphatic heterocycles. The molecule has 0 aliphatic carbocycles. The van der Waals surface area contributed by atoms with E-state index in [-0.39, 0.29) is 6.04 Å². The standard InChI is InChI=1S/C11H15N3/c1-2-9-4-3-8(6-12)5-10(9)11(14)7-13/h3-5,11H,2,7,13-14H2,1H3/t11-/m1/s1. The van der Waals surface area contributed by atoms with Gasteiger partial charge in [-0.1, -0.05) is 13.0 Å². The molecule has 1 rings (SSSR count). The Balaban J connectivity index is 3.16. The molecular formula is C11H15N3. The second-order valence-electron chi connectivity index (χ2n) is 3.22. The molecule has 0 radical (unpaired) electrons. The van der Waals surface area contributed by atoms with Gasteiger partial charge >= 0.3 is 0 Å². The Labute approximate surface area is 84.3 Å². The van der Waals surface area contributed by atoms with Crippen LogP contribution in [0.15, 0.2) is 18.2 Å². The fourth-order valence-electron chi connectivity index (χ4n) is 1.46. The Morgan fingerprint density at radius 3 is 2.71 bits per heavy atom. The molecule has 3 nitrogen and oxygen atoms in total. The van der Waals surface area contributed by atoms with Crippen LogP contribution in [0.3, 0.4) is 0 Å². The lowest BCUT2D eigenvalue weighted by molar-refractivity contribution is 0.726. The molecule has 14 heavy (non-hydrogen) atoms. The molecule has 4 N–H and O–H groups in total. The minimum Gasteiger partial charge on any atom is -0.329 e. The van der Waals surface area contributed by atoms with Gasteiger partial charge in [0.1, 0.15) is 0 Å². The molecule has 74 valence electrons. The van der Waals surface area contributed by atoms with Crippen LogP contribution in [0.2, 0.25) is 0 Å². The van der Waals surface area contributed by atoms with Gasteiger partial charge in [0.2, 0.25) is 0 Å². The molecule has 0 amide bonds. The highest BCUT2D eigenvalue weighted by atomic mass is 14.7. The summed E-state index contributed by atoms with van der Waals surface area (Å²) in [4.78, 5) is 0. The van der Waals surface area contributed by atoms with Crippen LogP contribution in [0.1, 0.15) is 29.7 Å². The van der Waals surface area contributed by atoms with Gasteiger partial charge in [0, 0.05) is 12.6 Å². The molecule has 0 aliphatic rings. The number of hydrogen-bond acceptors (Lipinski definition) is 3. The molecule has 3 heteroatoms. The van der Waals surface area contributed by atoms with Crippen LogP contribution in [0.4, 0.5) is 0 Å². The van der Waals surface area contributed by atoms with Crippen LogP contribution >= 0.6 is 0 Å². The van der Waals surface area contributed by atoms with Crippen LogP contribution in [0, 0.1) is 11.3 Å². The summed E-state index contributed by atoms with van der Waals surface area (Å²) >= 11 is 0. The molecular weight excluding hydrogens is 174 g/mol. The van der Waals surface area contributed by atoms with Gasteiger partial charge in [0.25, 0.3) is 0 Å². The van der Waals surface area contributed by atoms with Crippen molar-refractivity contribution in [3.8, 4) is 6.07 Å². The summed E-state index contributed by atoms with van der Waals surface area (Å²) in [6, 6.07) is 7.52. The number of nitriles is 1. The van der Waals surface area contributed by atoms with Gasteiger partial charge in [-0.15, -0.1) is 0 Å². The molecule has 0 unspecified atom stereocenters. The summed E-state index contributed by atoms with van der Waals surface area (Å²) in [6.45, 7) is 2.47. The molecule has 0 spiro atoms. The maximum absolute atomic E-state index is 8.76. The Morgan fingerprint density at radius 2 is 2.21 bits per heavy atom. The largest absolute Gasteiger partial charge is 0.329 e. The van der Waals surface area contributed by atoms with Gasteiger partial charge in [-0.05, 0) is 29.7 Å². The van der Waals surface area contributed by atoms with Crippen LogP contribution in [-0.4, -0.2) is 6.54 Å². The summed E-state index contributed by atoms with van der Waals surface area (Å²) < 4.78 is 0. The quantitative estimate of drug-likeness (QED) is 0.747. The van der Waals surface area contributed by atoms with Crippen LogP contribution in [0.5, 0.6) is 0 Å². The first-order valence-corrected chi connectivity index (χ1v) is 4.71. The Hall–Kier alpha value is -1.37. The molecule has 0 fully saturated rings. The molecule has 0 heterocycles. The lowest BCUT2D eigenvalue weighted by Crippen LogP contribution is -2.22. The SMILES string of the molecule is CCc1ccc(C#N)cc1[C@H](N)CN. The molecule has 0 saturated heterocycles. The van der Waals surface area contributed by atoms with Crippen LogP contribution < -0.4 is 11.5 Å². The smallest absolute Gasteiger partial charge is 0.0991 e. The van der Waals surface area contributed by atoms with Crippen molar-refractivity contribution in [3.05, 3.63) is 34.9 Å². The number of benzene rings is 1. The maximum Gasteiger partial charge on any atom is 0.0991 e. The number of aryl methyl sites for hydroxylation is 1. The summed E-state index contributed by atoms with van der Waals surface area (Å²) in [5, 5.41) is 8.76. The third-order valence-electron chi connectivity index (χ3n) is 2.31. The zero-order valence-corrected chi connectivity index (χ0v) is 8.33. The average Bonchev–Trinajstić information content (AvgIpc) is 2.27. The van der Waals surface area contributed by atoms with E-state index in [1.54, 1.807) is 0 Å². The number of nitrogens with zero attached hydrogens (tertiary/aromatic N) is 1. The van der Waals surface area contributed by atoms with Crippen LogP contribution in [-0.2, 0) is 6.42 Å². The average molecular weight is 189 g/mol. The van der Waals surface area contributed by atoms with E-state index < -0.39 is 0 Å². The zero-order valence-electron chi connectivity index (χ0n) is 8.33. The van der Waals surface area contributed by atoms with Gasteiger partial charge in [-0.2, -0.15) is 5.26 Å². The molecule has 0 bridgehead atoms. The van der Waals surface area contributed by atoms with E-state index in [9.17, 15) is 0 Å². The van der Waals surface area contributed by atoms with Gasteiger partial charge < -0.3 is 11.5 Å². The van der Waals surface area contributed by atoms with E-state index >= 15 is 0 Å². The van der Waals surface area contributed by atoms with Crippen molar-refractivity contribution in [2.24, 2.45) is 11.5 Å². The first kappa shape index (κ1) is 10.7. The van der Waals surface area contributed by atoms with E-state index in [0.29, 0.717) is 12.1 Å². The highest BCUT2D eigenvalue weighted by molar-refractivity contribution is 5.39. The number of rotatable bonds is 3. The van der Waals surface area contributed by atoms with Gasteiger partial charge in [0.05, 0.1) is 11.6 Å². The fraction of sp³-hybridized carbons (Fsp3) is 0.364. The first-order chi connectivity index (χ1) is 6.72. The minimum absolute atomic E-state index is 0.168. The molecule has 1 aromatic rings. The van der Waals surface area contributed by atoms with E-state index in [4.69, 9.17) is 16.7 Å². The van der Waals surface area contributed by atoms with E-state index in [2.05, 4.69) is 13.0 Å². The van der Waals surface area contributed by atoms with E-state index in [1.807, 2.05) is 18.2 Å². The summed E-state index contributed by atoms with van der Waals surface area (Å²) in [5.41, 5.74) is 14.2. The molecule has 0 saturated carbocycles. The van der Waals surface area contributed by atoms with Crippen molar-refractivity contribution in [2.45, 2.75) is 19.4 Å². The Kier molecular flexibility index (Phi) is 3.63. The van der Waals surface area contributed by atoms with E-state index in [1.165, 1.54) is 5.56 Å². The minimum atomic E-state index is -0.168. The van der Waals surface area contributed by atoms with Crippen molar-refractivity contribution in [2.75, 3.05) is 6.54 Å². The highest BCUT2D eigenvalue weighted by Crippen LogP contribution is 2.18. The van der Waals surface area contributed by atoms with Crippen molar-refractivity contribution in [3.63, 3.8) is 0 Å². The van der Waals surface area contributed by atoms with Gasteiger partial charge in [0.15, 0.2) is 0 Å². The predicted molar refractivity (Wildman–Crippen MR) is 56.5 cm³/mol. The van der Waals surface area contributed by atoms with Crippen LogP contribution in [0.25, 0.3) is 0 Å². The Bertz CT molecular complexity index is 352. The fourth-order valence-corrected chi connectivity index (χ4v) is 1.46. The molecule has 1 aromatic carbocycles. The Morgan fingerprint density at radius 1 is 1.50 bits per heavy atom. The second kappa shape index (κ2) is 4.75. The normalized spacial score (nSPS) is 12.1. The first-order valence-electron chi connectivity index (χ1n) is 4.71. The summed E-state index contributed by atoms with van der Waals surface area (Å²) in [5.74, 6) is 0. The number of nitrogens with two attached hydrogens (primary N) is 2.